The predicted molar refractivity (Wildman–Crippen MR) is 145 cm³/mol. The number of rotatable bonds is 11. The first kappa shape index (κ1) is 28.2. The van der Waals surface area contributed by atoms with E-state index in [1.54, 1.807) is 36.4 Å². The van der Waals surface area contributed by atoms with Crippen molar-refractivity contribution in [3.05, 3.63) is 112 Å². The summed E-state index contributed by atoms with van der Waals surface area (Å²) in [5.74, 6) is -0.972. The van der Waals surface area contributed by atoms with Crippen LogP contribution in [0, 0.1) is 12.7 Å². The van der Waals surface area contributed by atoms with E-state index in [-0.39, 0.29) is 42.1 Å². The number of aryl methyl sites for hydroxylation is 1. The molecule has 0 N–H and O–H groups in total. The van der Waals surface area contributed by atoms with Crippen LogP contribution in [0.1, 0.15) is 16.7 Å². The van der Waals surface area contributed by atoms with E-state index in [9.17, 15) is 22.4 Å². The molecule has 4 aromatic rings. The van der Waals surface area contributed by atoms with Crippen molar-refractivity contribution < 1.29 is 26.8 Å². The molecule has 0 aliphatic rings. The lowest BCUT2D eigenvalue weighted by Gasteiger charge is -2.27. The van der Waals surface area contributed by atoms with Crippen LogP contribution in [-0.4, -0.2) is 50.3 Å². The topological polar surface area (TPSA) is 97.1 Å². The Balaban J connectivity index is 1.66. The number of benzene rings is 3. The van der Waals surface area contributed by atoms with Crippen molar-refractivity contribution in [1.82, 2.24) is 9.21 Å². The summed E-state index contributed by atoms with van der Waals surface area (Å²) in [5.41, 5.74) is 1.86. The van der Waals surface area contributed by atoms with E-state index < -0.39 is 28.3 Å². The molecule has 1 amide bonds. The summed E-state index contributed by atoms with van der Waals surface area (Å²) < 4.78 is 52.2. The molecule has 204 valence electrons. The average Bonchev–Trinajstić information content (AvgIpc) is 2.93. The van der Waals surface area contributed by atoms with Crippen molar-refractivity contribution in [3.63, 3.8) is 0 Å². The fraction of sp³-hybridized carbons (Fsp3) is 0.241. The summed E-state index contributed by atoms with van der Waals surface area (Å²) in [6, 6.07) is 18.7. The van der Waals surface area contributed by atoms with Gasteiger partial charge in [0.15, 0.2) is 5.43 Å². The minimum atomic E-state index is -4.03. The van der Waals surface area contributed by atoms with Gasteiger partial charge in [-0.15, -0.1) is 0 Å². The molecule has 10 heteroatoms. The summed E-state index contributed by atoms with van der Waals surface area (Å²) in [6.07, 6.45) is 1.31. The van der Waals surface area contributed by atoms with Gasteiger partial charge in [-0.3, -0.25) is 9.59 Å². The quantitative estimate of drug-likeness (QED) is 0.278. The van der Waals surface area contributed by atoms with Crippen molar-refractivity contribution >= 4 is 26.9 Å². The van der Waals surface area contributed by atoms with E-state index in [2.05, 4.69) is 0 Å². The van der Waals surface area contributed by atoms with Crippen LogP contribution in [0.3, 0.4) is 0 Å². The van der Waals surface area contributed by atoms with E-state index in [0.717, 1.165) is 9.87 Å². The van der Waals surface area contributed by atoms with Crippen LogP contribution in [0.25, 0.3) is 11.0 Å². The third kappa shape index (κ3) is 6.78. The fourth-order valence-corrected chi connectivity index (χ4v) is 5.44. The molecule has 0 fully saturated rings. The summed E-state index contributed by atoms with van der Waals surface area (Å²) in [4.78, 5) is 28.2. The normalized spacial score (nSPS) is 11.7. The number of nitrogens with zero attached hydrogens (tertiary/aromatic N) is 2. The molecule has 3 aromatic carbocycles. The van der Waals surface area contributed by atoms with E-state index in [1.807, 2.05) is 6.92 Å². The third-order valence-corrected chi connectivity index (χ3v) is 8.13. The van der Waals surface area contributed by atoms with Crippen LogP contribution in [0.5, 0.6) is 0 Å². The lowest BCUT2D eigenvalue weighted by molar-refractivity contribution is -0.132. The Morgan fingerprint density at radius 1 is 0.974 bits per heavy atom. The molecule has 1 heterocycles. The standard InChI is InChI=1S/C29H29FN2O6S/c1-21-7-13-25(14-8-21)39(35,36)32(15-16-37-2)19-28(33)31(17-22-9-11-24(30)12-10-22)18-23-20-38-27-6-4-3-5-26(27)29(23)34/h3-14,20H,15-19H2,1-2H3. The van der Waals surface area contributed by atoms with E-state index in [1.165, 1.54) is 54.7 Å². The molecule has 1 aromatic heterocycles. The summed E-state index contributed by atoms with van der Waals surface area (Å²) in [5, 5.41) is 0.368. The van der Waals surface area contributed by atoms with Gasteiger partial charge in [0.25, 0.3) is 0 Å². The lowest BCUT2D eigenvalue weighted by atomic mass is 10.1. The number of hydrogen-bond donors (Lipinski definition) is 0. The van der Waals surface area contributed by atoms with Gasteiger partial charge in [0.1, 0.15) is 11.4 Å². The number of hydrogen-bond acceptors (Lipinski definition) is 6. The second-order valence-electron chi connectivity index (χ2n) is 9.11. The number of carbonyl (C=O) groups excluding carboxylic acids is 1. The van der Waals surface area contributed by atoms with Crippen molar-refractivity contribution in [3.8, 4) is 0 Å². The van der Waals surface area contributed by atoms with Gasteiger partial charge in [0.05, 0.1) is 41.8 Å². The Bertz CT molecular complexity index is 1600. The Kier molecular flexibility index (Phi) is 8.90. The van der Waals surface area contributed by atoms with Gasteiger partial charge in [0.2, 0.25) is 15.9 Å². The smallest absolute Gasteiger partial charge is 0.243 e. The Morgan fingerprint density at radius 3 is 2.36 bits per heavy atom. The highest BCUT2D eigenvalue weighted by Crippen LogP contribution is 2.19. The Hall–Kier alpha value is -3.86. The molecule has 0 radical (unpaired) electrons. The fourth-order valence-electron chi connectivity index (χ4n) is 4.06. The van der Waals surface area contributed by atoms with Gasteiger partial charge in [-0.05, 0) is 48.9 Å². The number of amides is 1. The predicted octanol–water partition coefficient (Wildman–Crippen LogP) is 4.11. The van der Waals surface area contributed by atoms with Gasteiger partial charge < -0.3 is 14.1 Å². The Labute approximate surface area is 226 Å². The zero-order valence-corrected chi connectivity index (χ0v) is 22.5. The number of methoxy groups -OCH3 is 1. The molecule has 0 unspecified atom stereocenters. The largest absolute Gasteiger partial charge is 0.464 e. The monoisotopic (exact) mass is 552 g/mol. The lowest BCUT2D eigenvalue weighted by Crippen LogP contribution is -2.44. The molecule has 0 aliphatic heterocycles. The molecule has 0 atom stereocenters. The number of carbonyl (C=O) groups is 1. The number of ether oxygens (including phenoxy) is 1. The second kappa shape index (κ2) is 12.3. The van der Waals surface area contributed by atoms with Crippen LogP contribution in [0.15, 0.2) is 93.2 Å². The number of halogens is 1. The van der Waals surface area contributed by atoms with Crippen molar-refractivity contribution in [1.29, 1.82) is 0 Å². The van der Waals surface area contributed by atoms with Crippen LogP contribution < -0.4 is 5.43 Å². The van der Waals surface area contributed by atoms with Crippen molar-refractivity contribution in [2.75, 3.05) is 26.8 Å². The van der Waals surface area contributed by atoms with Crippen LogP contribution >= 0.6 is 0 Å². The molecule has 4 rings (SSSR count). The first-order valence-corrected chi connectivity index (χ1v) is 13.7. The van der Waals surface area contributed by atoms with Crippen LogP contribution in [0.4, 0.5) is 4.39 Å². The first-order valence-electron chi connectivity index (χ1n) is 12.3. The zero-order chi connectivity index (χ0) is 28.0. The maximum atomic E-state index is 13.7. The number of para-hydroxylation sites is 1. The summed E-state index contributed by atoms with van der Waals surface area (Å²) >= 11 is 0. The maximum Gasteiger partial charge on any atom is 0.243 e. The van der Waals surface area contributed by atoms with Crippen LogP contribution in [0.2, 0.25) is 0 Å². The molecule has 0 saturated heterocycles. The highest BCUT2D eigenvalue weighted by Gasteiger charge is 2.29. The van der Waals surface area contributed by atoms with E-state index in [0.29, 0.717) is 16.5 Å². The second-order valence-corrected chi connectivity index (χ2v) is 11.0. The minimum Gasteiger partial charge on any atom is -0.464 e. The number of fused-ring (bicyclic) bond motifs is 1. The van der Waals surface area contributed by atoms with Gasteiger partial charge in [-0.2, -0.15) is 4.31 Å². The maximum absolute atomic E-state index is 13.7. The van der Waals surface area contributed by atoms with E-state index >= 15 is 0 Å². The molecule has 0 bridgehead atoms. The number of sulfonamides is 1. The molecular formula is C29H29FN2O6S. The summed E-state index contributed by atoms with van der Waals surface area (Å²) in [6.45, 7) is 1.27. The van der Waals surface area contributed by atoms with E-state index in [4.69, 9.17) is 9.15 Å². The molecular weight excluding hydrogens is 523 g/mol. The van der Waals surface area contributed by atoms with Gasteiger partial charge in [-0.25, -0.2) is 12.8 Å². The minimum absolute atomic E-state index is 0.0219. The van der Waals surface area contributed by atoms with Gasteiger partial charge in [-0.1, -0.05) is 42.0 Å². The van der Waals surface area contributed by atoms with Gasteiger partial charge >= 0.3 is 0 Å². The zero-order valence-electron chi connectivity index (χ0n) is 21.7. The van der Waals surface area contributed by atoms with Crippen molar-refractivity contribution in [2.45, 2.75) is 24.9 Å². The Morgan fingerprint density at radius 2 is 1.67 bits per heavy atom. The van der Waals surface area contributed by atoms with Crippen molar-refractivity contribution in [2.24, 2.45) is 0 Å². The highest BCUT2D eigenvalue weighted by atomic mass is 32.2. The SMILES string of the molecule is COCCN(CC(=O)N(Cc1ccc(F)cc1)Cc1coc2ccccc2c1=O)S(=O)(=O)c1ccc(C)cc1. The summed E-state index contributed by atoms with van der Waals surface area (Å²) in [7, 11) is -2.59. The molecule has 0 aliphatic carbocycles. The van der Waals surface area contributed by atoms with Gasteiger partial charge in [0, 0.05) is 20.2 Å². The molecule has 0 spiro atoms. The molecule has 8 nitrogen and oxygen atoms in total. The molecule has 0 saturated carbocycles. The average molecular weight is 553 g/mol. The van der Waals surface area contributed by atoms with Crippen LogP contribution in [-0.2, 0) is 32.6 Å². The third-order valence-electron chi connectivity index (χ3n) is 6.27. The highest BCUT2D eigenvalue weighted by molar-refractivity contribution is 7.89. The molecule has 39 heavy (non-hydrogen) atoms. The first-order chi connectivity index (χ1) is 18.7.